The molecule has 1 fully saturated rings. The van der Waals surface area contributed by atoms with Crippen molar-refractivity contribution in [2.45, 2.75) is 62.9 Å². The molecule has 0 aromatic heterocycles. The summed E-state index contributed by atoms with van der Waals surface area (Å²) < 4.78 is 17.8. The van der Waals surface area contributed by atoms with Crippen LogP contribution in [-0.2, 0) is 21.3 Å². The highest BCUT2D eigenvalue weighted by Crippen LogP contribution is 2.48. The maximum absolute atomic E-state index is 12.5. The van der Waals surface area contributed by atoms with Crippen molar-refractivity contribution in [3.05, 3.63) is 69.8 Å². The number of carbonyl (C=O) groups is 1. The number of halogens is 1. The standard InChI is InChI=1S/C34H42ClNO5/c1-39-32(23-7-5-22(19-37)6-8-23)28-12-9-26(28)18-36-20-34(15-3-4-24-16-27(35)11-13-29(24)34)21-41-31-14-10-25(17-30(31)36)33(38)40-2/h7,10-11,13-14,16-17,22,26,28,32,37H,3-6,8-9,12,15,18-21H2,1-2H3/t22-,26-,28+,32?,34-/m0/s1. The first-order valence-corrected chi connectivity index (χ1v) is 15.5. The molecule has 6 nitrogen and oxygen atoms in total. The smallest absolute Gasteiger partial charge is 0.337 e. The second-order valence-corrected chi connectivity index (χ2v) is 13.0. The van der Waals surface area contributed by atoms with Crippen LogP contribution in [0, 0.1) is 17.8 Å². The minimum atomic E-state index is -0.337. The Labute approximate surface area is 248 Å². The van der Waals surface area contributed by atoms with Crippen molar-refractivity contribution < 1.29 is 24.1 Å². The van der Waals surface area contributed by atoms with Crippen molar-refractivity contribution in [2.75, 3.05) is 45.4 Å². The number of anilines is 1. The van der Waals surface area contributed by atoms with Crippen LogP contribution in [0.15, 0.2) is 48.0 Å². The van der Waals surface area contributed by atoms with Gasteiger partial charge in [-0.3, -0.25) is 0 Å². The largest absolute Gasteiger partial charge is 0.490 e. The predicted octanol–water partition coefficient (Wildman–Crippen LogP) is 6.36. The van der Waals surface area contributed by atoms with Crippen molar-refractivity contribution in [1.82, 2.24) is 0 Å². The van der Waals surface area contributed by atoms with Crippen molar-refractivity contribution >= 4 is 23.3 Å². The molecule has 1 aliphatic heterocycles. The maximum atomic E-state index is 12.5. The van der Waals surface area contributed by atoms with E-state index in [0.29, 0.717) is 29.9 Å². The number of hydrogen-bond acceptors (Lipinski definition) is 6. The van der Waals surface area contributed by atoms with Gasteiger partial charge in [0, 0.05) is 37.2 Å². The summed E-state index contributed by atoms with van der Waals surface area (Å²) in [5.41, 5.74) is 5.40. The van der Waals surface area contributed by atoms with E-state index in [4.69, 9.17) is 25.8 Å². The number of aliphatic hydroxyl groups is 1. The molecule has 0 saturated heterocycles. The molecule has 220 valence electrons. The number of allylic oxidation sites excluding steroid dienone is 1. The molecule has 1 unspecified atom stereocenters. The zero-order chi connectivity index (χ0) is 28.6. The molecule has 1 heterocycles. The van der Waals surface area contributed by atoms with E-state index >= 15 is 0 Å². The number of aliphatic hydroxyl groups excluding tert-OH is 1. The Morgan fingerprint density at radius 3 is 2.76 bits per heavy atom. The summed E-state index contributed by atoms with van der Waals surface area (Å²) in [5.74, 6) is 1.77. The number of rotatable bonds is 7. The van der Waals surface area contributed by atoms with Crippen molar-refractivity contribution in [3.8, 4) is 5.75 Å². The Kier molecular flexibility index (Phi) is 8.35. The number of esters is 1. The van der Waals surface area contributed by atoms with Gasteiger partial charge in [0.25, 0.3) is 0 Å². The summed E-state index contributed by atoms with van der Waals surface area (Å²) in [4.78, 5) is 15.0. The van der Waals surface area contributed by atoms with Crippen molar-refractivity contribution in [3.63, 3.8) is 0 Å². The highest BCUT2D eigenvalue weighted by molar-refractivity contribution is 6.30. The minimum Gasteiger partial charge on any atom is -0.490 e. The van der Waals surface area contributed by atoms with Gasteiger partial charge in [0.05, 0.1) is 31.1 Å². The molecular weight excluding hydrogens is 538 g/mol. The summed E-state index contributed by atoms with van der Waals surface area (Å²) >= 11 is 6.42. The van der Waals surface area contributed by atoms with Crippen LogP contribution in [0.2, 0.25) is 5.02 Å². The van der Waals surface area contributed by atoms with Crippen LogP contribution < -0.4 is 9.64 Å². The third kappa shape index (κ3) is 5.51. The number of methoxy groups -OCH3 is 2. The molecule has 5 atom stereocenters. The van der Waals surface area contributed by atoms with E-state index < -0.39 is 0 Å². The maximum Gasteiger partial charge on any atom is 0.337 e. The number of fused-ring (bicyclic) bond motifs is 3. The summed E-state index contributed by atoms with van der Waals surface area (Å²) in [7, 11) is 3.27. The quantitative estimate of drug-likeness (QED) is 0.304. The average Bonchev–Trinajstić information content (AvgIpc) is 3.14. The van der Waals surface area contributed by atoms with Gasteiger partial charge in [-0.25, -0.2) is 4.79 Å². The van der Waals surface area contributed by atoms with Crippen LogP contribution in [0.1, 0.15) is 66.4 Å². The van der Waals surface area contributed by atoms with Gasteiger partial charge in [0.15, 0.2) is 0 Å². The lowest BCUT2D eigenvalue weighted by Gasteiger charge is -2.47. The van der Waals surface area contributed by atoms with E-state index in [1.165, 1.54) is 23.8 Å². The number of ether oxygens (including phenoxy) is 3. The molecule has 1 spiro atoms. The predicted molar refractivity (Wildman–Crippen MR) is 161 cm³/mol. The van der Waals surface area contributed by atoms with Gasteiger partial charge < -0.3 is 24.2 Å². The van der Waals surface area contributed by atoms with Gasteiger partial charge in [-0.1, -0.05) is 23.7 Å². The molecule has 0 radical (unpaired) electrons. The van der Waals surface area contributed by atoms with Crippen molar-refractivity contribution in [2.24, 2.45) is 17.8 Å². The molecule has 0 amide bonds. The number of carbonyl (C=O) groups excluding carboxylic acids is 1. The molecule has 4 aliphatic rings. The fraction of sp³-hybridized carbons (Fsp3) is 0.559. The minimum absolute atomic E-state index is 0.115. The number of aryl methyl sites for hydroxylation is 1. The fourth-order valence-corrected chi connectivity index (χ4v) is 7.99. The van der Waals surface area contributed by atoms with E-state index in [0.717, 1.165) is 80.9 Å². The topological polar surface area (TPSA) is 68.2 Å². The number of benzene rings is 2. The van der Waals surface area contributed by atoms with E-state index in [-0.39, 0.29) is 24.1 Å². The van der Waals surface area contributed by atoms with Crippen LogP contribution in [0.4, 0.5) is 5.69 Å². The van der Waals surface area contributed by atoms with Gasteiger partial charge in [-0.05, 0) is 116 Å². The summed E-state index contributed by atoms with van der Waals surface area (Å²) in [6.07, 6.45) is 10.9. The van der Waals surface area contributed by atoms with Crippen LogP contribution in [0.5, 0.6) is 5.75 Å². The lowest BCUT2D eigenvalue weighted by Crippen LogP contribution is -2.50. The van der Waals surface area contributed by atoms with E-state index in [2.05, 4.69) is 23.1 Å². The van der Waals surface area contributed by atoms with Gasteiger partial charge in [-0.2, -0.15) is 0 Å². The molecule has 2 aromatic rings. The molecule has 41 heavy (non-hydrogen) atoms. The second kappa shape index (κ2) is 12.0. The molecule has 3 aliphatic carbocycles. The highest BCUT2D eigenvalue weighted by Gasteiger charge is 2.45. The first-order valence-electron chi connectivity index (χ1n) is 15.2. The Balaban J connectivity index is 1.32. The molecule has 1 N–H and O–H groups in total. The normalized spacial score (nSPS) is 28.0. The zero-order valence-corrected chi connectivity index (χ0v) is 25.0. The van der Waals surface area contributed by atoms with Crippen LogP contribution in [0.3, 0.4) is 0 Å². The Bertz CT molecular complexity index is 1310. The lowest BCUT2D eigenvalue weighted by molar-refractivity contribution is 0.00273. The van der Waals surface area contributed by atoms with Gasteiger partial charge in [-0.15, -0.1) is 0 Å². The molecule has 0 bridgehead atoms. The Morgan fingerprint density at radius 2 is 2.05 bits per heavy atom. The zero-order valence-electron chi connectivity index (χ0n) is 24.2. The number of hydrogen-bond donors (Lipinski definition) is 1. The van der Waals surface area contributed by atoms with E-state index in [9.17, 15) is 9.90 Å². The average molecular weight is 580 g/mol. The molecule has 1 saturated carbocycles. The monoisotopic (exact) mass is 579 g/mol. The first-order chi connectivity index (χ1) is 19.9. The summed E-state index contributed by atoms with van der Waals surface area (Å²) in [6.45, 7) is 2.55. The molecule has 2 aromatic carbocycles. The van der Waals surface area contributed by atoms with Gasteiger partial charge in [0.2, 0.25) is 0 Å². The Morgan fingerprint density at radius 1 is 1.17 bits per heavy atom. The van der Waals surface area contributed by atoms with Gasteiger partial charge in [0.1, 0.15) is 5.75 Å². The van der Waals surface area contributed by atoms with E-state index in [1.807, 2.05) is 25.3 Å². The van der Waals surface area contributed by atoms with Crippen LogP contribution in [-0.4, -0.2) is 57.7 Å². The third-order valence-electron chi connectivity index (χ3n) is 10.2. The highest BCUT2D eigenvalue weighted by atomic mass is 35.5. The SMILES string of the molecule is COC(=O)c1ccc2c(c1)N(C[C@@H]1CC[C@H]1C(OC)C1=CC[C@H](CO)CC1)C[C@@]1(CCCc3cc(Cl)ccc31)CO2. The Hall–Kier alpha value is -2.54. The molecule has 7 heteroatoms. The fourth-order valence-electron chi connectivity index (χ4n) is 7.80. The van der Waals surface area contributed by atoms with Crippen molar-refractivity contribution in [1.29, 1.82) is 0 Å². The third-order valence-corrected chi connectivity index (χ3v) is 10.4. The lowest BCUT2D eigenvalue weighted by atomic mass is 9.66. The van der Waals surface area contributed by atoms with Crippen LogP contribution in [0.25, 0.3) is 0 Å². The van der Waals surface area contributed by atoms with Gasteiger partial charge >= 0.3 is 5.97 Å². The second-order valence-electron chi connectivity index (χ2n) is 12.5. The number of nitrogens with zero attached hydrogens (tertiary/aromatic N) is 1. The molecular formula is C34H42ClNO5. The molecule has 6 rings (SSSR count). The summed E-state index contributed by atoms with van der Waals surface area (Å²) in [6, 6.07) is 12.0. The van der Waals surface area contributed by atoms with Crippen LogP contribution >= 0.6 is 11.6 Å². The van der Waals surface area contributed by atoms with E-state index in [1.54, 1.807) is 6.07 Å². The first kappa shape index (κ1) is 28.6. The summed E-state index contributed by atoms with van der Waals surface area (Å²) in [5, 5.41) is 10.4.